The Morgan fingerprint density at radius 2 is 1.79 bits per heavy atom. The summed E-state index contributed by atoms with van der Waals surface area (Å²) in [6.07, 6.45) is 0.686. The van der Waals surface area contributed by atoms with Gasteiger partial charge in [-0.1, -0.05) is 6.92 Å². The van der Waals surface area contributed by atoms with Crippen LogP contribution in [0.3, 0.4) is 0 Å². The quantitative estimate of drug-likeness (QED) is 0.638. The Bertz CT molecular complexity index is 840. The molecule has 2 aromatic rings. The van der Waals surface area contributed by atoms with Crippen molar-refractivity contribution in [1.29, 1.82) is 5.26 Å². The third kappa shape index (κ3) is 2.50. The molecule has 0 N–H and O–H groups in total. The standard InChI is InChI=1S/C15H12F4N4O/c1-4-9-10(16)12(18)14(13(19)11(9)17)23-15(22(3)7(2)24)8(5-20)6-21-23/h6H,4H2,1-3H3. The lowest BCUT2D eigenvalue weighted by Gasteiger charge is -2.19. The largest absolute Gasteiger partial charge is 0.299 e. The first-order chi connectivity index (χ1) is 11.3. The van der Waals surface area contributed by atoms with E-state index in [0.29, 0.717) is 4.68 Å². The molecule has 0 unspecified atom stereocenters. The minimum atomic E-state index is -1.66. The Labute approximate surface area is 134 Å². The lowest BCUT2D eigenvalue weighted by Crippen LogP contribution is -2.27. The number of hydrogen-bond acceptors (Lipinski definition) is 3. The first kappa shape index (κ1) is 17.5. The van der Waals surface area contributed by atoms with E-state index in [1.807, 2.05) is 0 Å². The minimum absolute atomic E-state index is 0.188. The molecule has 0 aliphatic carbocycles. The molecular formula is C15H12F4N4O. The number of aromatic nitrogens is 2. The van der Waals surface area contributed by atoms with Gasteiger partial charge in [0.15, 0.2) is 29.1 Å². The van der Waals surface area contributed by atoms with Crippen LogP contribution >= 0.6 is 0 Å². The predicted molar refractivity (Wildman–Crippen MR) is 76.6 cm³/mol. The van der Waals surface area contributed by atoms with Gasteiger partial charge >= 0.3 is 0 Å². The molecule has 0 aliphatic heterocycles. The molecule has 1 aromatic carbocycles. The molecule has 0 radical (unpaired) electrons. The summed E-state index contributed by atoms with van der Waals surface area (Å²) in [5, 5.41) is 12.7. The summed E-state index contributed by atoms with van der Waals surface area (Å²) in [6.45, 7) is 2.49. The fraction of sp³-hybridized carbons (Fsp3) is 0.267. The van der Waals surface area contributed by atoms with Crippen LogP contribution in [-0.2, 0) is 11.2 Å². The number of nitriles is 1. The van der Waals surface area contributed by atoms with Crippen LogP contribution in [0.5, 0.6) is 0 Å². The van der Waals surface area contributed by atoms with E-state index in [0.717, 1.165) is 18.0 Å². The summed E-state index contributed by atoms with van der Waals surface area (Å²) in [5.41, 5.74) is -2.05. The first-order valence-electron chi connectivity index (χ1n) is 6.83. The van der Waals surface area contributed by atoms with E-state index in [2.05, 4.69) is 5.10 Å². The molecule has 126 valence electrons. The molecule has 0 fully saturated rings. The maximum Gasteiger partial charge on any atom is 0.224 e. The van der Waals surface area contributed by atoms with Gasteiger partial charge in [-0.15, -0.1) is 0 Å². The second-order valence-electron chi connectivity index (χ2n) is 4.92. The fourth-order valence-electron chi connectivity index (χ4n) is 2.22. The number of nitrogens with zero attached hydrogens (tertiary/aromatic N) is 4. The number of rotatable bonds is 3. The van der Waals surface area contributed by atoms with Gasteiger partial charge in [-0.2, -0.15) is 10.4 Å². The monoisotopic (exact) mass is 340 g/mol. The van der Waals surface area contributed by atoms with Gasteiger partial charge in [0.25, 0.3) is 0 Å². The van der Waals surface area contributed by atoms with Gasteiger partial charge in [0.2, 0.25) is 5.91 Å². The predicted octanol–water partition coefficient (Wildman–Crippen LogP) is 2.85. The van der Waals surface area contributed by atoms with Gasteiger partial charge in [0.05, 0.1) is 6.20 Å². The van der Waals surface area contributed by atoms with Crippen molar-refractivity contribution in [2.75, 3.05) is 11.9 Å². The summed E-state index contributed by atoms with van der Waals surface area (Å²) < 4.78 is 57.1. The minimum Gasteiger partial charge on any atom is -0.299 e. The van der Waals surface area contributed by atoms with Crippen LogP contribution in [0.1, 0.15) is 25.0 Å². The summed E-state index contributed by atoms with van der Waals surface area (Å²) in [5.74, 6) is -7.27. The highest BCUT2D eigenvalue weighted by molar-refractivity contribution is 5.91. The molecule has 0 saturated carbocycles. The van der Waals surface area contributed by atoms with E-state index in [4.69, 9.17) is 5.26 Å². The van der Waals surface area contributed by atoms with E-state index in [-0.39, 0.29) is 17.8 Å². The zero-order chi connectivity index (χ0) is 18.2. The van der Waals surface area contributed by atoms with Gasteiger partial charge in [0, 0.05) is 19.5 Å². The van der Waals surface area contributed by atoms with Crippen molar-refractivity contribution in [2.24, 2.45) is 0 Å². The van der Waals surface area contributed by atoms with Crippen LogP contribution in [-0.4, -0.2) is 22.7 Å². The molecule has 1 heterocycles. The van der Waals surface area contributed by atoms with Crippen LogP contribution < -0.4 is 4.90 Å². The van der Waals surface area contributed by atoms with Crippen LogP contribution in [0.4, 0.5) is 23.4 Å². The second-order valence-corrected chi connectivity index (χ2v) is 4.92. The average molecular weight is 340 g/mol. The van der Waals surface area contributed by atoms with E-state index in [9.17, 15) is 22.4 Å². The van der Waals surface area contributed by atoms with Gasteiger partial charge in [-0.25, -0.2) is 22.2 Å². The van der Waals surface area contributed by atoms with E-state index in [1.54, 1.807) is 6.07 Å². The van der Waals surface area contributed by atoms with E-state index >= 15 is 0 Å². The van der Waals surface area contributed by atoms with Gasteiger partial charge < -0.3 is 0 Å². The van der Waals surface area contributed by atoms with Crippen molar-refractivity contribution in [3.05, 3.63) is 40.6 Å². The number of benzene rings is 1. The molecule has 1 amide bonds. The number of carbonyl (C=O) groups is 1. The topological polar surface area (TPSA) is 61.9 Å². The Kier molecular flexibility index (Phi) is 4.59. The number of halogens is 4. The van der Waals surface area contributed by atoms with Crippen molar-refractivity contribution in [3.8, 4) is 11.8 Å². The van der Waals surface area contributed by atoms with Gasteiger partial charge in [-0.05, 0) is 6.42 Å². The Hall–Kier alpha value is -2.89. The second kappa shape index (κ2) is 6.31. The molecule has 9 heteroatoms. The summed E-state index contributed by atoms with van der Waals surface area (Å²) in [6, 6.07) is 1.70. The number of hydrogen-bond donors (Lipinski definition) is 0. The maximum atomic E-state index is 14.3. The molecule has 0 aliphatic rings. The zero-order valence-corrected chi connectivity index (χ0v) is 13.0. The van der Waals surface area contributed by atoms with Crippen LogP contribution in [0, 0.1) is 34.6 Å². The van der Waals surface area contributed by atoms with Crippen molar-refractivity contribution in [1.82, 2.24) is 9.78 Å². The Morgan fingerprint density at radius 1 is 1.25 bits per heavy atom. The van der Waals surface area contributed by atoms with Crippen molar-refractivity contribution >= 4 is 11.7 Å². The number of anilines is 1. The Balaban J connectivity index is 2.87. The lowest BCUT2D eigenvalue weighted by molar-refractivity contribution is -0.116. The van der Waals surface area contributed by atoms with Crippen LogP contribution in [0.25, 0.3) is 5.69 Å². The SMILES string of the molecule is CCc1c(F)c(F)c(-n2ncc(C#N)c2N(C)C(C)=O)c(F)c1F. The summed E-state index contributed by atoms with van der Waals surface area (Å²) in [7, 11) is 1.24. The molecule has 24 heavy (non-hydrogen) atoms. The smallest absolute Gasteiger partial charge is 0.224 e. The molecule has 1 aromatic heterocycles. The van der Waals surface area contributed by atoms with Gasteiger partial charge in [-0.3, -0.25) is 9.69 Å². The third-order valence-corrected chi connectivity index (χ3v) is 3.55. The summed E-state index contributed by atoms with van der Waals surface area (Å²) >= 11 is 0. The molecule has 5 nitrogen and oxygen atoms in total. The highest BCUT2D eigenvalue weighted by Crippen LogP contribution is 2.31. The van der Waals surface area contributed by atoms with Crippen molar-refractivity contribution < 1.29 is 22.4 Å². The third-order valence-electron chi connectivity index (χ3n) is 3.55. The number of amides is 1. The molecule has 2 rings (SSSR count). The highest BCUT2D eigenvalue weighted by Gasteiger charge is 2.29. The van der Waals surface area contributed by atoms with Crippen molar-refractivity contribution in [3.63, 3.8) is 0 Å². The molecule has 0 bridgehead atoms. The van der Waals surface area contributed by atoms with Crippen LogP contribution in [0.2, 0.25) is 0 Å². The molecular weight excluding hydrogens is 328 g/mol. The fourth-order valence-corrected chi connectivity index (χ4v) is 2.22. The normalized spacial score (nSPS) is 10.6. The lowest BCUT2D eigenvalue weighted by atomic mass is 10.1. The zero-order valence-electron chi connectivity index (χ0n) is 13.0. The average Bonchev–Trinajstić information content (AvgIpc) is 2.96. The van der Waals surface area contributed by atoms with Crippen molar-refractivity contribution in [2.45, 2.75) is 20.3 Å². The van der Waals surface area contributed by atoms with Gasteiger partial charge in [0.1, 0.15) is 17.3 Å². The highest BCUT2D eigenvalue weighted by atomic mass is 19.2. The molecule has 0 spiro atoms. The summed E-state index contributed by atoms with van der Waals surface area (Å²) in [4.78, 5) is 12.4. The molecule has 0 saturated heterocycles. The Morgan fingerprint density at radius 3 is 2.21 bits per heavy atom. The van der Waals surface area contributed by atoms with E-state index in [1.165, 1.54) is 14.0 Å². The van der Waals surface area contributed by atoms with Crippen LogP contribution in [0.15, 0.2) is 6.20 Å². The number of carbonyl (C=O) groups excluding carboxylic acids is 1. The maximum absolute atomic E-state index is 14.3. The first-order valence-corrected chi connectivity index (χ1v) is 6.83. The van der Waals surface area contributed by atoms with E-state index < -0.39 is 40.4 Å². The molecule has 0 atom stereocenters.